The molecular formula is C21H29N7O2. The molecule has 0 spiro atoms. The van der Waals surface area contributed by atoms with Crippen LogP contribution in [0.2, 0.25) is 0 Å². The second-order valence-corrected chi connectivity index (χ2v) is 7.70. The maximum Gasteiger partial charge on any atom is 0.239 e. The van der Waals surface area contributed by atoms with Gasteiger partial charge in [0.25, 0.3) is 0 Å². The molecule has 4 heterocycles. The van der Waals surface area contributed by atoms with E-state index in [0.717, 1.165) is 67.6 Å². The smallest absolute Gasteiger partial charge is 0.239 e. The highest BCUT2D eigenvalue weighted by Gasteiger charge is 2.20. The SMILES string of the molecule is Cc1cc(NC(=O)CN)ncc1-c1cc(N2CCOCC2)nc(N2CCCCC2)n1. The summed E-state index contributed by atoms with van der Waals surface area (Å²) < 4.78 is 5.51. The normalized spacial score (nSPS) is 17.1. The van der Waals surface area contributed by atoms with Gasteiger partial charge in [0.05, 0.1) is 25.5 Å². The summed E-state index contributed by atoms with van der Waals surface area (Å²) in [4.78, 5) is 30.3. The molecule has 4 rings (SSSR count). The molecule has 0 atom stereocenters. The van der Waals surface area contributed by atoms with Crippen molar-refractivity contribution in [3.8, 4) is 11.3 Å². The fourth-order valence-corrected chi connectivity index (χ4v) is 3.84. The summed E-state index contributed by atoms with van der Waals surface area (Å²) in [5, 5.41) is 2.70. The minimum atomic E-state index is -0.265. The monoisotopic (exact) mass is 411 g/mol. The van der Waals surface area contributed by atoms with E-state index >= 15 is 0 Å². The number of carbonyl (C=O) groups excluding carboxylic acids is 1. The van der Waals surface area contributed by atoms with Crippen LogP contribution in [0.4, 0.5) is 17.6 Å². The number of nitrogens with one attached hydrogen (secondary N) is 1. The van der Waals surface area contributed by atoms with Crippen molar-refractivity contribution in [2.75, 3.05) is 61.1 Å². The first-order chi connectivity index (χ1) is 14.6. The van der Waals surface area contributed by atoms with Gasteiger partial charge in [0.15, 0.2) is 0 Å². The van der Waals surface area contributed by atoms with Gasteiger partial charge < -0.3 is 25.6 Å². The fraction of sp³-hybridized carbons (Fsp3) is 0.524. The van der Waals surface area contributed by atoms with Crippen molar-refractivity contribution in [3.63, 3.8) is 0 Å². The third kappa shape index (κ3) is 4.68. The first kappa shape index (κ1) is 20.5. The predicted octanol–water partition coefficient (Wildman–Crippen LogP) is 1.57. The Morgan fingerprint density at radius 1 is 1.10 bits per heavy atom. The number of hydrogen-bond acceptors (Lipinski definition) is 8. The molecule has 0 radical (unpaired) electrons. The third-order valence-electron chi connectivity index (χ3n) is 5.51. The van der Waals surface area contributed by atoms with E-state index in [-0.39, 0.29) is 12.5 Å². The molecule has 2 aliphatic heterocycles. The van der Waals surface area contributed by atoms with E-state index < -0.39 is 0 Å². The number of rotatable bonds is 5. The number of nitrogens with two attached hydrogens (primary N) is 1. The molecule has 2 fully saturated rings. The summed E-state index contributed by atoms with van der Waals surface area (Å²) in [7, 11) is 0. The van der Waals surface area contributed by atoms with Gasteiger partial charge in [-0.25, -0.2) is 9.97 Å². The van der Waals surface area contributed by atoms with Crippen molar-refractivity contribution < 1.29 is 9.53 Å². The van der Waals surface area contributed by atoms with Crippen molar-refractivity contribution in [3.05, 3.63) is 23.9 Å². The number of pyridine rings is 1. The second-order valence-electron chi connectivity index (χ2n) is 7.70. The highest BCUT2D eigenvalue weighted by Crippen LogP contribution is 2.29. The number of aromatic nitrogens is 3. The Morgan fingerprint density at radius 2 is 1.87 bits per heavy atom. The van der Waals surface area contributed by atoms with E-state index in [1.807, 2.05) is 19.1 Å². The highest BCUT2D eigenvalue weighted by atomic mass is 16.5. The Bertz CT molecular complexity index is 857. The summed E-state index contributed by atoms with van der Waals surface area (Å²) in [6.45, 7) is 6.92. The Labute approximate surface area is 176 Å². The lowest BCUT2D eigenvalue weighted by molar-refractivity contribution is -0.114. The van der Waals surface area contributed by atoms with Crippen LogP contribution < -0.4 is 20.9 Å². The number of nitrogens with zero attached hydrogens (tertiary/aromatic N) is 5. The van der Waals surface area contributed by atoms with Gasteiger partial charge in [-0.1, -0.05) is 0 Å². The zero-order valence-corrected chi connectivity index (χ0v) is 17.4. The summed E-state index contributed by atoms with van der Waals surface area (Å²) in [6, 6.07) is 3.88. The number of carbonyl (C=O) groups is 1. The van der Waals surface area contributed by atoms with Crippen LogP contribution in [-0.4, -0.2) is 66.8 Å². The van der Waals surface area contributed by atoms with Gasteiger partial charge >= 0.3 is 0 Å². The molecule has 0 aromatic carbocycles. The molecule has 2 aliphatic rings. The Hall–Kier alpha value is -2.78. The van der Waals surface area contributed by atoms with Crippen molar-refractivity contribution in [1.29, 1.82) is 0 Å². The lowest BCUT2D eigenvalue weighted by Crippen LogP contribution is -2.37. The Kier molecular flexibility index (Phi) is 6.39. The van der Waals surface area contributed by atoms with Gasteiger partial charge in [-0.3, -0.25) is 4.79 Å². The van der Waals surface area contributed by atoms with Crippen LogP contribution >= 0.6 is 0 Å². The standard InChI is InChI=1S/C21H29N7O2/c1-15-11-18(25-20(29)13-22)23-14-16(15)17-12-19(27-7-9-30-10-8-27)26-21(24-17)28-5-3-2-4-6-28/h11-12,14H,2-10,13,22H2,1H3,(H,23,25,29). The van der Waals surface area contributed by atoms with Crippen molar-refractivity contribution >= 4 is 23.5 Å². The minimum absolute atomic E-state index is 0.0729. The molecule has 2 aromatic rings. The van der Waals surface area contributed by atoms with Crippen LogP contribution in [0.1, 0.15) is 24.8 Å². The van der Waals surface area contributed by atoms with E-state index in [1.54, 1.807) is 6.20 Å². The Morgan fingerprint density at radius 3 is 2.57 bits per heavy atom. The number of hydrogen-bond donors (Lipinski definition) is 2. The van der Waals surface area contributed by atoms with E-state index in [9.17, 15) is 4.79 Å². The maximum absolute atomic E-state index is 11.6. The largest absolute Gasteiger partial charge is 0.378 e. The average molecular weight is 412 g/mol. The summed E-state index contributed by atoms with van der Waals surface area (Å²) in [5.41, 5.74) is 8.13. The molecule has 0 aliphatic carbocycles. The van der Waals surface area contributed by atoms with Crippen molar-refractivity contribution in [2.24, 2.45) is 5.73 Å². The van der Waals surface area contributed by atoms with Gasteiger partial charge in [0, 0.05) is 44.0 Å². The van der Waals surface area contributed by atoms with Gasteiger partial charge in [0.1, 0.15) is 11.6 Å². The Balaban J connectivity index is 1.69. The number of morpholine rings is 1. The highest BCUT2D eigenvalue weighted by molar-refractivity contribution is 5.91. The summed E-state index contributed by atoms with van der Waals surface area (Å²) in [6.07, 6.45) is 5.34. The number of piperidine rings is 1. The zero-order chi connectivity index (χ0) is 20.9. The molecule has 2 aromatic heterocycles. The number of aryl methyl sites for hydroxylation is 1. The van der Waals surface area contributed by atoms with Crippen LogP contribution in [0, 0.1) is 6.92 Å². The molecule has 3 N–H and O–H groups in total. The molecule has 30 heavy (non-hydrogen) atoms. The molecule has 1 amide bonds. The van der Waals surface area contributed by atoms with Crippen LogP contribution in [0.25, 0.3) is 11.3 Å². The van der Waals surface area contributed by atoms with E-state index in [2.05, 4.69) is 20.1 Å². The third-order valence-corrected chi connectivity index (χ3v) is 5.51. The molecule has 160 valence electrons. The fourth-order valence-electron chi connectivity index (χ4n) is 3.84. The maximum atomic E-state index is 11.6. The van der Waals surface area contributed by atoms with E-state index in [1.165, 1.54) is 6.42 Å². The number of amides is 1. The van der Waals surface area contributed by atoms with Gasteiger partial charge in [-0.2, -0.15) is 4.98 Å². The number of ether oxygens (including phenoxy) is 1. The molecular weight excluding hydrogens is 382 g/mol. The molecule has 2 saturated heterocycles. The second kappa shape index (κ2) is 9.36. The average Bonchev–Trinajstić information content (AvgIpc) is 2.80. The van der Waals surface area contributed by atoms with Gasteiger partial charge in [-0.15, -0.1) is 0 Å². The van der Waals surface area contributed by atoms with Gasteiger partial charge in [-0.05, 0) is 37.8 Å². The molecule has 9 nitrogen and oxygen atoms in total. The number of anilines is 3. The van der Waals surface area contributed by atoms with Crippen LogP contribution in [0.15, 0.2) is 18.3 Å². The predicted molar refractivity (Wildman–Crippen MR) is 117 cm³/mol. The van der Waals surface area contributed by atoms with Crippen LogP contribution in [0.3, 0.4) is 0 Å². The lowest BCUT2D eigenvalue weighted by atomic mass is 10.1. The van der Waals surface area contributed by atoms with Crippen molar-refractivity contribution in [2.45, 2.75) is 26.2 Å². The molecule has 0 bridgehead atoms. The van der Waals surface area contributed by atoms with Crippen LogP contribution in [0.5, 0.6) is 0 Å². The van der Waals surface area contributed by atoms with Gasteiger partial charge in [0.2, 0.25) is 11.9 Å². The van der Waals surface area contributed by atoms with Crippen molar-refractivity contribution in [1.82, 2.24) is 15.0 Å². The first-order valence-corrected chi connectivity index (χ1v) is 10.6. The van der Waals surface area contributed by atoms with E-state index in [4.69, 9.17) is 20.4 Å². The van der Waals surface area contributed by atoms with Crippen LogP contribution in [-0.2, 0) is 9.53 Å². The first-order valence-electron chi connectivity index (χ1n) is 10.6. The quantitative estimate of drug-likeness (QED) is 0.763. The lowest BCUT2D eigenvalue weighted by Gasteiger charge is -2.31. The molecule has 0 unspecified atom stereocenters. The zero-order valence-electron chi connectivity index (χ0n) is 17.4. The molecule has 9 heteroatoms. The van der Waals surface area contributed by atoms with E-state index in [0.29, 0.717) is 19.0 Å². The molecule has 0 saturated carbocycles. The minimum Gasteiger partial charge on any atom is -0.378 e. The summed E-state index contributed by atoms with van der Waals surface area (Å²) >= 11 is 0. The summed E-state index contributed by atoms with van der Waals surface area (Å²) in [5.74, 6) is 1.92. The topological polar surface area (TPSA) is 110 Å².